The Morgan fingerprint density at radius 1 is 1.24 bits per heavy atom. The van der Waals surface area contributed by atoms with E-state index in [9.17, 15) is 9.18 Å². The number of ether oxygens (including phenoxy) is 1. The molecule has 0 saturated carbocycles. The largest absolute Gasteiger partial charge is 0.481 e. The van der Waals surface area contributed by atoms with Crippen molar-refractivity contribution < 1.29 is 13.9 Å². The van der Waals surface area contributed by atoms with E-state index in [0.29, 0.717) is 23.7 Å². The molecule has 0 fully saturated rings. The van der Waals surface area contributed by atoms with Gasteiger partial charge < -0.3 is 10.1 Å². The van der Waals surface area contributed by atoms with E-state index < -0.39 is 5.82 Å². The van der Waals surface area contributed by atoms with Crippen molar-refractivity contribution in [2.75, 3.05) is 11.9 Å². The third kappa shape index (κ3) is 3.96. The highest BCUT2D eigenvalue weighted by molar-refractivity contribution is 6.07. The van der Waals surface area contributed by atoms with E-state index in [1.165, 1.54) is 24.3 Å². The number of rotatable bonds is 4. The molecule has 2 N–H and O–H groups in total. The zero-order valence-electron chi connectivity index (χ0n) is 13.6. The van der Waals surface area contributed by atoms with Crippen LogP contribution in [0.2, 0.25) is 0 Å². The molecule has 25 heavy (non-hydrogen) atoms. The van der Waals surface area contributed by atoms with Crippen LogP contribution in [0.5, 0.6) is 5.75 Å². The normalized spacial score (nSPS) is 10.2. The van der Waals surface area contributed by atoms with E-state index in [-0.39, 0.29) is 5.91 Å². The summed E-state index contributed by atoms with van der Waals surface area (Å²) in [6.45, 7) is 2.27. The Labute approximate surface area is 144 Å². The molecule has 0 atom stereocenters. The van der Waals surface area contributed by atoms with E-state index in [0.717, 1.165) is 17.3 Å². The summed E-state index contributed by atoms with van der Waals surface area (Å²) in [5.74, 6) is 6.09. The van der Waals surface area contributed by atoms with Crippen LogP contribution in [0.4, 0.5) is 10.2 Å². The molecule has 0 aliphatic rings. The van der Waals surface area contributed by atoms with Crippen LogP contribution in [0.3, 0.4) is 0 Å². The number of hydrogen-bond acceptors (Lipinski definition) is 3. The fourth-order valence-corrected chi connectivity index (χ4v) is 2.25. The van der Waals surface area contributed by atoms with Crippen LogP contribution in [0.15, 0.2) is 42.5 Å². The van der Waals surface area contributed by atoms with Crippen molar-refractivity contribution in [1.82, 2.24) is 10.2 Å². The molecular formula is C19H16FN3O2. The quantitative estimate of drug-likeness (QED) is 0.713. The summed E-state index contributed by atoms with van der Waals surface area (Å²) < 4.78 is 18.5. The van der Waals surface area contributed by atoms with Gasteiger partial charge >= 0.3 is 0 Å². The van der Waals surface area contributed by atoms with Crippen molar-refractivity contribution >= 4 is 22.6 Å². The second-order valence-corrected chi connectivity index (χ2v) is 5.24. The van der Waals surface area contributed by atoms with Gasteiger partial charge in [0.1, 0.15) is 18.2 Å². The number of halogens is 1. The van der Waals surface area contributed by atoms with Crippen molar-refractivity contribution in [3.63, 3.8) is 0 Å². The Bertz CT molecular complexity index is 952. The van der Waals surface area contributed by atoms with Gasteiger partial charge in [0.2, 0.25) is 0 Å². The Morgan fingerprint density at radius 2 is 2.04 bits per heavy atom. The first kappa shape index (κ1) is 16.5. The van der Waals surface area contributed by atoms with Crippen LogP contribution in [0.25, 0.3) is 10.9 Å². The minimum atomic E-state index is -0.394. The van der Waals surface area contributed by atoms with Crippen molar-refractivity contribution in [3.8, 4) is 17.6 Å². The lowest BCUT2D eigenvalue weighted by atomic mass is 10.2. The molecule has 1 aromatic heterocycles. The first-order valence-electron chi connectivity index (χ1n) is 7.81. The topological polar surface area (TPSA) is 67.0 Å². The van der Waals surface area contributed by atoms with E-state index in [2.05, 4.69) is 27.4 Å². The summed E-state index contributed by atoms with van der Waals surface area (Å²) in [6.07, 6.45) is 0.781. The van der Waals surface area contributed by atoms with Crippen molar-refractivity contribution in [2.45, 2.75) is 13.3 Å². The van der Waals surface area contributed by atoms with Gasteiger partial charge in [0, 0.05) is 17.4 Å². The smallest absolute Gasteiger partial charge is 0.256 e. The summed E-state index contributed by atoms with van der Waals surface area (Å²) in [5.41, 5.74) is 1.11. The van der Waals surface area contributed by atoms with E-state index in [1.54, 1.807) is 12.1 Å². The maximum absolute atomic E-state index is 13.0. The van der Waals surface area contributed by atoms with Gasteiger partial charge in [0.05, 0.1) is 5.52 Å². The molecule has 0 bridgehead atoms. The van der Waals surface area contributed by atoms with E-state index in [4.69, 9.17) is 4.74 Å². The molecule has 126 valence electrons. The van der Waals surface area contributed by atoms with Gasteiger partial charge in [-0.1, -0.05) is 12.8 Å². The first-order valence-corrected chi connectivity index (χ1v) is 7.81. The predicted octanol–water partition coefficient (Wildman–Crippen LogP) is 3.75. The average Bonchev–Trinajstić information content (AvgIpc) is 3.01. The number of nitrogens with zero attached hydrogens (tertiary/aromatic N) is 1. The van der Waals surface area contributed by atoms with Gasteiger partial charge in [-0.05, 0) is 42.5 Å². The molecule has 5 nitrogen and oxygen atoms in total. The van der Waals surface area contributed by atoms with Gasteiger partial charge in [-0.25, -0.2) is 4.39 Å². The lowest BCUT2D eigenvalue weighted by Crippen LogP contribution is -2.12. The third-order valence-corrected chi connectivity index (χ3v) is 3.49. The molecule has 0 aliphatic carbocycles. The van der Waals surface area contributed by atoms with Gasteiger partial charge in [-0.2, -0.15) is 5.10 Å². The SMILES string of the molecule is CCC#CCOc1ccc2[nH]nc(NC(=O)c3ccc(F)cc3)c2c1. The predicted molar refractivity (Wildman–Crippen MR) is 94.0 cm³/mol. The average molecular weight is 337 g/mol. The van der Waals surface area contributed by atoms with Crippen molar-refractivity contribution in [1.29, 1.82) is 0 Å². The molecule has 3 rings (SSSR count). The highest BCUT2D eigenvalue weighted by atomic mass is 19.1. The lowest BCUT2D eigenvalue weighted by Gasteiger charge is -2.04. The molecular weight excluding hydrogens is 321 g/mol. The molecule has 6 heteroatoms. The van der Waals surface area contributed by atoms with E-state index in [1.807, 2.05) is 13.0 Å². The van der Waals surface area contributed by atoms with Crippen LogP contribution < -0.4 is 10.1 Å². The molecule has 2 aromatic carbocycles. The number of anilines is 1. The zero-order valence-corrected chi connectivity index (χ0v) is 13.6. The molecule has 0 unspecified atom stereocenters. The number of fused-ring (bicyclic) bond motifs is 1. The summed E-state index contributed by atoms with van der Waals surface area (Å²) in [4.78, 5) is 12.3. The Kier molecular flexibility index (Phi) is 4.95. The maximum atomic E-state index is 13.0. The number of benzene rings is 2. The molecule has 0 spiro atoms. The van der Waals surface area contributed by atoms with Gasteiger partial charge in [-0.15, -0.1) is 5.92 Å². The Morgan fingerprint density at radius 3 is 2.80 bits per heavy atom. The van der Waals surface area contributed by atoms with Crippen LogP contribution in [0, 0.1) is 17.7 Å². The van der Waals surface area contributed by atoms with Gasteiger partial charge in [0.15, 0.2) is 5.82 Å². The number of H-pyrrole nitrogens is 1. The molecule has 0 saturated heterocycles. The van der Waals surface area contributed by atoms with Gasteiger partial charge in [-0.3, -0.25) is 9.89 Å². The number of carbonyl (C=O) groups excluding carboxylic acids is 1. The Hall–Kier alpha value is -3.33. The summed E-state index contributed by atoms with van der Waals surface area (Å²) in [6, 6.07) is 10.7. The van der Waals surface area contributed by atoms with Crippen LogP contribution in [-0.2, 0) is 0 Å². The highest BCUT2D eigenvalue weighted by Gasteiger charge is 2.12. The lowest BCUT2D eigenvalue weighted by molar-refractivity contribution is 0.102. The van der Waals surface area contributed by atoms with Crippen molar-refractivity contribution in [2.24, 2.45) is 0 Å². The zero-order chi connectivity index (χ0) is 17.6. The molecule has 3 aromatic rings. The van der Waals surface area contributed by atoms with Crippen LogP contribution >= 0.6 is 0 Å². The second kappa shape index (κ2) is 7.49. The molecule has 1 heterocycles. The van der Waals surface area contributed by atoms with Crippen molar-refractivity contribution in [3.05, 3.63) is 53.8 Å². The number of nitrogens with one attached hydrogen (secondary N) is 2. The Balaban J connectivity index is 1.79. The maximum Gasteiger partial charge on any atom is 0.256 e. The van der Waals surface area contributed by atoms with E-state index >= 15 is 0 Å². The number of aromatic nitrogens is 2. The minimum Gasteiger partial charge on any atom is -0.481 e. The third-order valence-electron chi connectivity index (χ3n) is 3.49. The van der Waals surface area contributed by atoms with Crippen LogP contribution in [0.1, 0.15) is 23.7 Å². The summed E-state index contributed by atoms with van der Waals surface area (Å²) in [5, 5.41) is 10.4. The standard InChI is InChI=1S/C19H16FN3O2/c1-2-3-4-11-25-15-9-10-17-16(12-15)18(23-22-17)21-19(24)13-5-7-14(20)8-6-13/h5-10,12H,2,11H2,1H3,(H2,21,22,23,24). The second-order valence-electron chi connectivity index (χ2n) is 5.24. The first-order chi connectivity index (χ1) is 12.2. The summed E-state index contributed by atoms with van der Waals surface area (Å²) >= 11 is 0. The monoisotopic (exact) mass is 337 g/mol. The molecule has 0 radical (unpaired) electrons. The number of amides is 1. The number of carbonyl (C=O) groups is 1. The number of aromatic amines is 1. The van der Waals surface area contributed by atoms with Gasteiger partial charge in [0.25, 0.3) is 5.91 Å². The minimum absolute atomic E-state index is 0.300. The van der Waals surface area contributed by atoms with Crippen LogP contribution in [-0.4, -0.2) is 22.7 Å². The number of hydrogen-bond donors (Lipinski definition) is 2. The fraction of sp³-hybridized carbons (Fsp3) is 0.158. The molecule has 0 aliphatic heterocycles. The highest BCUT2D eigenvalue weighted by Crippen LogP contribution is 2.25. The fourth-order valence-electron chi connectivity index (χ4n) is 2.25. The summed E-state index contributed by atoms with van der Waals surface area (Å²) in [7, 11) is 0. The molecule has 1 amide bonds.